The SMILES string of the molecule is CCC1OC1CCCCC(C)C. The van der Waals surface area contributed by atoms with Crippen LogP contribution in [0.4, 0.5) is 0 Å². The van der Waals surface area contributed by atoms with Crippen LogP contribution in [-0.4, -0.2) is 12.2 Å². The summed E-state index contributed by atoms with van der Waals surface area (Å²) in [5.74, 6) is 0.868. The van der Waals surface area contributed by atoms with Gasteiger partial charge in [0.15, 0.2) is 0 Å². The van der Waals surface area contributed by atoms with Crippen LogP contribution in [-0.2, 0) is 4.74 Å². The van der Waals surface area contributed by atoms with E-state index >= 15 is 0 Å². The summed E-state index contributed by atoms with van der Waals surface area (Å²) < 4.78 is 5.47. The molecule has 0 bridgehead atoms. The predicted molar refractivity (Wildman–Crippen MR) is 52.3 cm³/mol. The highest BCUT2D eigenvalue weighted by Crippen LogP contribution is 2.29. The predicted octanol–water partition coefficient (Wildman–Crippen LogP) is 3.38. The first-order valence-corrected chi connectivity index (χ1v) is 5.39. The summed E-state index contributed by atoms with van der Waals surface area (Å²) in [7, 11) is 0. The highest BCUT2D eigenvalue weighted by atomic mass is 16.6. The van der Waals surface area contributed by atoms with Gasteiger partial charge in [0.2, 0.25) is 0 Å². The van der Waals surface area contributed by atoms with Gasteiger partial charge in [-0.15, -0.1) is 0 Å². The fraction of sp³-hybridized carbons (Fsp3) is 1.00. The summed E-state index contributed by atoms with van der Waals surface area (Å²) in [4.78, 5) is 0. The first kappa shape index (κ1) is 10.0. The van der Waals surface area contributed by atoms with Crippen molar-refractivity contribution in [1.29, 1.82) is 0 Å². The van der Waals surface area contributed by atoms with Gasteiger partial charge in [-0.05, 0) is 18.8 Å². The number of hydrogen-bond acceptors (Lipinski definition) is 1. The molecule has 2 atom stereocenters. The van der Waals surface area contributed by atoms with Gasteiger partial charge < -0.3 is 4.74 Å². The molecule has 0 amide bonds. The number of unbranched alkanes of at least 4 members (excludes halogenated alkanes) is 1. The molecule has 0 N–H and O–H groups in total. The van der Waals surface area contributed by atoms with Crippen molar-refractivity contribution in [3.63, 3.8) is 0 Å². The van der Waals surface area contributed by atoms with E-state index in [2.05, 4.69) is 20.8 Å². The van der Waals surface area contributed by atoms with Crippen molar-refractivity contribution in [1.82, 2.24) is 0 Å². The lowest BCUT2D eigenvalue weighted by Crippen LogP contribution is -1.93. The van der Waals surface area contributed by atoms with Crippen molar-refractivity contribution in [2.75, 3.05) is 0 Å². The highest BCUT2D eigenvalue weighted by molar-refractivity contribution is 4.82. The van der Waals surface area contributed by atoms with Crippen molar-refractivity contribution in [2.45, 2.75) is 65.1 Å². The Morgan fingerprint density at radius 1 is 1.17 bits per heavy atom. The van der Waals surface area contributed by atoms with Gasteiger partial charge in [-0.25, -0.2) is 0 Å². The lowest BCUT2D eigenvalue weighted by molar-refractivity contribution is 0.353. The van der Waals surface area contributed by atoms with Crippen molar-refractivity contribution >= 4 is 0 Å². The van der Waals surface area contributed by atoms with Gasteiger partial charge in [0.1, 0.15) is 0 Å². The molecule has 0 aromatic heterocycles. The van der Waals surface area contributed by atoms with Gasteiger partial charge in [-0.2, -0.15) is 0 Å². The smallest absolute Gasteiger partial charge is 0.0841 e. The van der Waals surface area contributed by atoms with Crippen molar-refractivity contribution in [3.05, 3.63) is 0 Å². The molecule has 0 aromatic carbocycles. The minimum atomic E-state index is 0.615. The third-order valence-corrected chi connectivity index (χ3v) is 2.61. The molecule has 1 aliphatic rings. The van der Waals surface area contributed by atoms with Crippen LogP contribution in [0.3, 0.4) is 0 Å². The zero-order valence-corrected chi connectivity index (χ0v) is 8.68. The molecule has 12 heavy (non-hydrogen) atoms. The molecule has 0 saturated carbocycles. The molecular weight excluding hydrogens is 148 g/mol. The number of epoxide rings is 1. The molecule has 0 radical (unpaired) electrons. The van der Waals surface area contributed by atoms with E-state index < -0.39 is 0 Å². The summed E-state index contributed by atoms with van der Waals surface area (Å²) in [6.07, 6.45) is 7.86. The van der Waals surface area contributed by atoms with E-state index in [9.17, 15) is 0 Å². The van der Waals surface area contributed by atoms with Crippen LogP contribution >= 0.6 is 0 Å². The van der Waals surface area contributed by atoms with E-state index in [4.69, 9.17) is 4.74 Å². The molecule has 1 fully saturated rings. The monoisotopic (exact) mass is 170 g/mol. The largest absolute Gasteiger partial charge is 0.370 e. The second kappa shape index (κ2) is 4.86. The lowest BCUT2D eigenvalue weighted by atomic mass is 10.0. The normalized spacial score (nSPS) is 28.0. The van der Waals surface area contributed by atoms with Gasteiger partial charge >= 0.3 is 0 Å². The summed E-state index contributed by atoms with van der Waals surface area (Å²) >= 11 is 0. The van der Waals surface area contributed by atoms with E-state index in [0.29, 0.717) is 12.2 Å². The van der Waals surface area contributed by atoms with E-state index in [1.165, 1.54) is 32.1 Å². The summed E-state index contributed by atoms with van der Waals surface area (Å²) in [6.45, 7) is 6.80. The lowest BCUT2D eigenvalue weighted by Gasteiger charge is -2.02. The van der Waals surface area contributed by atoms with Crippen LogP contribution in [0.25, 0.3) is 0 Å². The molecule has 1 nitrogen and oxygen atoms in total. The zero-order chi connectivity index (χ0) is 8.97. The second-order valence-corrected chi connectivity index (χ2v) is 4.30. The van der Waals surface area contributed by atoms with Gasteiger partial charge in [0, 0.05) is 0 Å². The van der Waals surface area contributed by atoms with Gasteiger partial charge in [0.25, 0.3) is 0 Å². The Labute approximate surface area is 76.5 Å². The second-order valence-electron chi connectivity index (χ2n) is 4.30. The van der Waals surface area contributed by atoms with Crippen LogP contribution in [0.2, 0.25) is 0 Å². The summed E-state index contributed by atoms with van der Waals surface area (Å²) in [6, 6.07) is 0. The van der Waals surface area contributed by atoms with E-state index in [0.717, 1.165) is 5.92 Å². The van der Waals surface area contributed by atoms with Crippen molar-refractivity contribution in [3.8, 4) is 0 Å². The Kier molecular flexibility index (Phi) is 4.07. The third kappa shape index (κ3) is 3.57. The molecule has 1 saturated heterocycles. The minimum absolute atomic E-state index is 0.615. The standard InChI is InChI=1S/C11H22O/c1-4-10-11(12-10)8-6-5-7-9(2)3/h9-11H,4-8H2,1-3H3. The Bertz CT molecular complexity index is 120. The first-order valence-electron chi connectivity index (χ1n) is 5.39. The maximum absolute atomic E-state index is 5.47. The molecule has 2 unspecified atom stereocenters. The quantitative estimate of drug-likeness (QED) is 0.440. The molecule has 1 heteroatoms. The fourth-order valence-electron chi connectivity index (χ4n) is 1.69. The third-order valence-electron chi connectivity index (χ3n) is 2.61. The summed E-state index contributed by atoms with van der Waals surface area (Å²) in [5, 5.41) is 0. The van der Waals surface area contributed by atoms with Crippen molar-refractivity contribution < 1.29 is 4.74 Å². The van der Waals surface area contributed by atoms with Crippen LogP contribution in [0, 0.1) is 5.92 Å². The Morgan fingerprint density at radius 2 is 1.92 bits per heavy atom. The molecule has 72 valence electrons. The average Bonchev–Trinajstić information content (AvgIpc) is 2.76. The Hall–Kier alpha value is -0.0400. The molecular formula is C11H22O. The molecule has 1 heterocycles. The minimum Gasteiger partial charge on any atom is -0.370 e. The molecule has 0 aliphatic carbocycles. The molecule has 1 rings (SSSR count). The number of ether oxygens (including phenoxy) is 1. The van der Waals surface area contributed by atoms with Crippen LogP contribution < -0.4 is 0 Å². The Morgan fingerprint density at radius 3 is 2.42 bits per heavy atom. The van der Waals surface area contributed by atoms with Gasteiger partial charge in [-0.1, -0.05) is 40.0 Å². The first-order chi connectivity index (χ1) is 5.74. The fourth-order valence-corrected chi connectivity index (χ4v) is 1.69. The van der Waals surface area contributed by atoms with Crippen molar-refractivity contribution in [2.24, 2.45) is 5.92 Å². The van der Waals surface area contributed by atoms with E-state index in [1.54, 1.807) is 0 Å². The topological polar surface area (TPSA) is 12.5 Å². The van der Waals surface area contributed by atoms with E-state index in [1.807, 2.05) is 0 Å². The Balaban J connectivity index is 1.84. The van der Waals surface area contributed by atoms with Crippen LogP contribution in [0.15, 0.2) is 0 Å². The number of rotatable bonds is 6. The zero-order valence-electron chi connectivity index (χ0n) is 8.68. The summed E-state index contributed by atoms with van der Waals surface area (Å²) in [5.41, 5.74) is 0. The average molecular weight is 170 g/mol. The van der Waals surface area contributed by atoms with Gasteiger partial charge in [-0.3, -0.25) is 0 Å². The molecule has 0 spiro atoms. The highest BCUT2D eigenvalue weighted by Gasteiger charge is 2.35. The maximum Gasteiger partial charge on any atom is 0.0841 e. The van der Waals surface area contributed by atoms with Gasteiger partial charge in [0.05, 0.1) is 12.2 Å². The molecule has 1 aliphatic heterocycles. The van der Waals surface area contributed by atoms with E-state index in [-0.39, 0.29) is 0 Å². The maximum atomic E-state index is 5.47. The number of hydrogen-bond donors (Lipinski definition) is 0. The van der Waals surface area contributed by atoms with Crippen LogP contribution in [0.5, 0.6) is 0 Å². The molecule has 0 aromatic rings. The van der Waals surface area contributed by atoms with Crippen LogP contribution in [0.1, 0.15) is 52.9 Å².